The fraction of sp³-hybridized carbons (Fsp3) is 0.208. The highest BCUT2D eigenvalue weighted by Gasteiger charge is 2.22. The number of anilines is 1. The SMILES string of the molecule is CS(=O)(=O)c1ccc2nc(N(Cc3cccnc3)C(=O)CCCS(=O)(=O)c3ccc(Cl)cc3)sc2c1. The first kappa shape index (κ1) is 26.2. The van der Waals surface area contributed by atoms with Gasteiger partial charge in [0.1, 0.15) is 0 Å². The summed E-state index contributed by atoms with van der Waals surface area (Å²) < 4.78 is 49.8. The molecule has 0 aliphatic carbocycles. The normalized spacial score (nSPS) is 12.1. The lowest BCUT2D eigenvalue weighted by atomic mass is 10.2. The number of fused-ring (bicyclic) bond motifs is 1. The van der Waals surface area contributed by atoms with Crippen LogP contribution in [0.1, 0.15) is 18.4 Å². The maximum Gasteiger partial charge on any atom is 0.229 e. The molecule has 0 fully saturated rings. The summed E-state index contributed by atoms with van der Waals surface area (Å²) in [5.41, 5.74) is 1.34. The van der Waals surface area contributed by atoms with Crippen LogP contribution in [0.3, 0.4) is 0 Å². The number of halogens is 1. The van der Waals surface area contributed by atoms with Crippen LogP contribution < -0.4 is 4.90 Å². The molecule has 12 heteroatoms. The Bertz CT molecular complexity index is 1600. The van der Waals surface area contributed by atoms with Crippen molar-refractivity contribution in [3.8, 4) is 0 Å². The van der Waals surface area contributed by atoms with Crippen LogP contribution in [0.25, 0.3) is 10.2 Å². The monoisotopic (exact) mass is 563 g/mol. The van der Waals surface area contributed by atoms with E-state index in [4.69, 9.17) is 11.6 Å². The standard InChI is InChI=1S/C24H22ClN3O5S3/c1-35(30,31)20-10-11-21-22(14-20)34-24(27-21)28(16-17-4-2-12-26-15-17)23(29)5-3-13-36(32,33)19-8-6-18(25)7-9-19/h2,4,6-12,14-15H,3,5,13,16H2,1H3. The van der Waals surface area contributed by atoms with Gasteiger partial charge in [-0.2, -0.15) is 0 Å². The number of thiazole rings is 1. The summed E-state index contributed by atoms with van der Waals surface area (Å²) in [5, 5.41) is 0.833. The van der Waals surface area contributed by atoms with Crippen molar-refractivity contribution in [2.45, 2.75) is 29.2 Å². The van der Waals surface area contributed by atoms with E-state index >= 15 is 0 Å². The van der Waals surface area contributed by atoms with Gasteiger partial charge in [-0.1, -0.05) is 29.0 Å². The number of amides is 1. The van der Waals surface area contributed by atoms with E-state index in [1.807, 2.05) is 6.07 Å². The third kappa shape index (κ3) is 6.28. The van der Waals surface area contributed by atoms with Gasteiger partial charge < -0.3 is 0 Å². The molecule has 36 heavy (non-hydrogen) atoms. The van der Waals surface area contributed by atoms with E-state index in [9.17, 15) is 21.6 Å². The minimum absolute atomic E-state index is 0.0163. The zero-order valence-electron chi connectivity index (χ0n) is 19.2. The Morgan fingerprint density at radius 2 is 1.75 bits per heavy atom. The molecule has 1 amide bonds. The van der Waals surface area contributed by atoms with Gasteiger partial charge in [0.25, 0.3) is 0 Å². The molecule has 0 N–H and O–H groups in total. The van der Waals surface area contributed by atoms with E-state index in [0.29, 0.717) is 20.4 Å². The number of carbonyl (C=O) groups excluding carboxylic acids is 1. The molecule has 0 unspecified atom stereocenters. The van der Waals surface area contributed by atoms with Gasteiger partial charge >= 0.3 is 0 Å². The van der Waals surface area contributed by atoms with E-state index in [1.54, 1.807) is 24.5 Å². The molecule has 188 valence electrons. The first-order valence-electron chi connectivity index (χ1n) is 10.8. The van der Waals surface area contributed by atoms with E-state index in [0.717, 1.165) is 11.8 Å². The van der Waals surface area contributed by atoms with E-state index in [2.05, 4.69) is 9.97 Å². The van der Waals surface area contributed by atoms with Gasteiger partial charge in [0.2, 0.25) is 5.91 Å². The van der Waals surface area contributed by atoms with E-state index < -0.39 is 19.7 Å². The quantitative estimate of drug-likeness (QED) is 0.294. The van der Waals surface area contributed by atoms with Crippen molar-refractivity contribution in [3.05, 3.63) is 77.6 Å². The summed E-state index contributed by atoms with van der Waals surface area (Å²) in [6.45, 7) is 0.190. The number of carbonyl (C=O) groups is 1. The van der Waals surface area contributed by atoms with Crippen molar-refractivity contribution >= 4 is 63.9 Å². The second-order valence-electron chi connectivity index (χ2n) is 8.12. The van der Waals surface area contributed by atoms with Crippen molar-refractivity contribution in [1.82, 2.24) is 9.97 Å². The Balaban J connectivity index is 1.56. The zero-order chi connectivity index (χ0) is 25.9. The van der Waals surface area contributed by atoms with E-state index in [-0.39, 0.29) is 40.8 Å². The molecule has 2 aromatic heterocycles. The molecule has 0 bridgehead atoms. The first-order chi connectivity index (χ1) is 17.0. The van der Waals surface area contributed by atoms with Gasteiger partial charge in [0.15, 0.2) is 24.8 Å². The number of hydrogen-bond donors (Lipinski definition) is 0. The third-order valence-electron chi connectivity index (χ3n) is 5.35. The van der Waals surface area contributed by atoms with Crippen LogP contribution in [0.2, 0.25) is 5.02 Å². The Morgan fingerprint density at radius 1 is 1.03 bits per heavy atom. The van der Waals surface area contributed by atoms with Gasteiger partial charge in [-0.3, -0.25) is 14.7 Å². The minimum atomic E-state index is -3.57. The van der Waals surface area contributed by atoms with Gasteiger partial charge in [0.05, 0.1) is 32.3 Å². The first-order valence-corrected chi connectivity index (χ1v) is 15.5. The topological polar surface area (TPSA) is 114 Å². The maximum atomic E-state index is 13.3. The van der Waals surface area contributed by atoms with Crippen LogP contribution >= 0.6 is 22.9 Å². The Morgan fingerprint density at radius 3 is 2.42 bits per heavy atom. The highest BCUT2D eigenvalue weighted by Crippen LogP contribution is 2.32. The molecule has 0 radical (unpaired) electrons. The lowest BCUT2D eigenvalue weighted by Gasteiger charge is -2.20. The summed E-state index contributed by atoms with van der Waals surface area (Å²) in [5.74, 6) is -0.494. The van der Waals surface area contributed by atoms with Crippen LogP contribution in [0.15, 0.2) is 76.8 Å². The van der Waals surface area contributed by atoms with Gasteiger partial charge in [-0.25, -0.2) is 21.8 Å². The smallest absolute Gasteiger partial charge is 0.229 e. The molecule has 4 rings (SSSR count). The molecule has 0 aliphatic heterocycles. The van der Waals surface area contributed by atoms with Crippen molar-refractivity contribution in [3.63, 3.8) is 0 Å². The summed E-state index contributed by atoms with van der Waals surface area (Å²) in [7, 11) is -6.97. The molecule has 8 nitrogen and oxygen atoms in total. The molecular formula is C24H22ClN3O5S3. The molecular weight excluding hydrogens is 542 g/mol. The molecule has 2 heterocycles. The summed E-state index contributed by atoms with van der Waals surface area (Å²) in [6, 6.07) is 14.1. The van der Waals surface area contributed by atoms with Crippen LogP contribution in [-0.4, -0.2) is 44.7 Å². The predicted molar refractivity (Wildman–Crippen MR) is 141 cm³/mol. The average Bonchev–Trinajstić information content (AvgIpc) is 3.26. The Hall–Kier alpha value is -2.86. The highest BCUT2D eigenvalue weighted by atomic mass is 35.5. The zero-order valence-corrected chi connectivity index (χ0v) is 22.4. The van der Waals surface area contributed by atoms with Crippen LogP contribution in [0.5, 0.6) is 0 Å². The van der Waals surface area contributed by atoms with E-state index in [1.165, 1.54) is 52.6 Å². The molecule has 2 aromatic carbocycles. The number of sulfone groups is 2. The van der Waals surface area contributed by atoms with Crippen molar-refractivity contribution in [2.24, 2.45) is 0 Å². The summed E-state index contributed by atoms with van der Waals surface area (Å²) >= 11 is 7.04. The fourth-order valence-corrected chi connectivity index (χ4v) is 6.66. The number of aromatic nitrogens is 2. The maximum absolute atomic E-state index is 13.3. The molecule has 0 saturated carbocycles. The summed E-state index contributed by atoms with van der Waals surface area (Å²) in [4.78, 5) is 23.7. The van der Waals surface area contributed by atoms with Gasteiger partial charge in [-0.15, -0.1) is 0 Å². The lowest BCUT2D eigenvalue weighted by molar-refractivity contribution is -0.118. The third-order valence-corrected chi connectivity index (χ3v) is 9.57. The Labute approximate surface area is 218 Å². The van der Waals surface area contributed by atoms with Crippen molar-refractivity contribution < 1.29 is 21.6 Å². The fourth-order valence-electron chi connectivity index (χ4n) is 3.48. The average molecular weight is 564 g/mol. The number of rotatable bonds is 9. The number of hydrogen-bond acceptors (Lipinski definition) is 8. The van der Waals surface area contributed by atoms with Crippen LogP contribution in [0.4, 0.5) is 5.13 Å². The molecule has 0 aliphatic rings. The van der Waals surface area contributed by atoms with Gasteiger partial charge in [0, 0.05) is 30.1 Å². The molecule has 0 saturated heterocycles. The molecule has 4 aromatic rings. The second-order valence-corrected chi connectivity index (χ2v) is 13.7. The largest absolute Gasteiger partial charge is 0.284 e. The predicted octanol–water partition coefficient (Wildman–Crippen LogP) is 4.54. The van der Waals surface area contributed by atoms with Crippen LogP contribution in [-0.2, 0) is 31.0 Å². The van der Waals surface area contributed by atoms with Crippen LogP contribution in [0, 0.1) is 0 Å². The second kappa shape index (κ2) is 10.6. The van der Waals surface area contributed by atoms with Gasteiger partial charge in [-0.05, 0) is 60.5 Å². The van der Waals surface area contributed by atoms with Crippen molar-refractivity contribution in [2.75, 3.05) is 16.9 Å². The molecule has 0 spiro atoms. The van der Waals surface area contributed by atoms with Crippen molar-refractivity contribution in [1.29, 1.82) is 0 Å². The number of pyridine rings is 1. The highest BCUT2D eigenvalue weighted by molar-refractivity contribution is 7.91. The number of benzene rings is 2. The Kier molecular flexibility index (Phi) is 7.74. The minimum Gasteiger partial charge on any atom is -0.284 e. The lowest BCUT2D eigenvalue weighted by Crippen LogP contribution is -2.30. The molecule has 0 atom stereocenters. The summed E-state index contributed by atoms with van der Waals surface area (Å²) in [6.07, 6.45) is 4.50. The number of nitrogens with zero attached hydrogens (tertiary/aromatic N) is 3.